The molecule has 2 nitrogen and oxygen atoms in total. The first-order valence-electron chi connectivity index (χ1n) is 17.9. The molecule has 2 unspecified atom stereocenters. The van der Waals surface area contributed by atoms with Crippen LogP contribution in [-0.4, -0.2) is 17.5 Å². The highest BCUT2D eigenvalue weighted by Gasteiger charge is 2.59. The lowest BCUT2D eigenvalue weighted by Gasteiger charge is -2.38. The summed E-state index contributed by atoms with van der Waals surface area (Å²) >= 11 is 4.93. The first-order valence-corrected chi connectivity index (χ1v) is 20.4. The molecule has 0 saturated carbocycles. The minimum atomic E-state index is -4.00. The van der Waals surface area contributed by atoms with Crippen LogP contribution in [0.2, 0.25) is 0 Å². The molecule has 3 aromatic rings. The molecule has 2 aliphatic rings. The summed E-state index contributed by atoms with van der Waals surface area (Å²) in [5.74, 6) is -5.50. The van der Waals surface area contributed by atoms with E-state index in [4.69, 9.17) is 0 Å². The molecular formula is C40H54F2O2S3. The SMILES string of the molecule is CCCCC(CC)CC1(CC(CC)CCCC)c2cc(-c3sc(C(C)(C)C)c4c3C(=O)C(F)(F)C4=O)sc2-c2sc(C(C)(C)C)cc21. The van der Waals surface area contributed by atoms with Gasteiger partial charge in [-0.3, -0.25) is 9.59 Å². The highest BCUT2D eigenvalue weighted by Crippen LogP contribution is 2.63. The molecule has 47 heavy (non-hydrogen) atoms. The van der Waals surface area contributed by atoms with Crippen LogP contribution in [0.1, 0.15) is 175 Å². The maximum Gasteiger partial charge on any atom is 0.371 e. The number of ketones is 2. The summed E-state index contributed by atoms with van der Waals surface area (Å²) in [4.78, 5) is 32.3. The number of carbonyl (C=O) groups is 2. The van der Waals surface area contributed by atoms with Gasteiger partial charge in [0, 0.05) is 29.8 Å². The molecule has 0 aliphatic heterocycles. The van der Waals surface area contributed by atoms with Gasteiger partial charge in [-0.2, -0.15) is 8.78 Å². The number of hydrogen-bond donors (Lipinski definition) is 0. The zero-order valence-electron chi connectivity index (χ0n) is 30.2. The van der Waals surface area contributed by atoms with Crippen LogP contribution >= 0.6 is 34.0 Å². The number of thiophene rings is 3. The van der Waals surface area contributed by atoms with E-state index in [2.05, 4.69) is 60.6 Å². The monoisotopic (exact) mass is 700 g/mol. The Morgan fingerprint density at radius 3 is 1.68 bits per heavy atom. The molecule has 0 bridgehead atoms. The second kappa shape index (κ2) is 13.2. The molecule has 7 heteroatoms. The van der Waals surface area contributed by atoms with E-state index in [9.17, 15) is 9.59 Å². The van der Waals surface area contributed by atoms with Crippen molar-refractivity contribution < 1.29 is 18.4 Å². The molecule has 2 atom stereocenters. The summed E-state index contributed by atoms with van der Waals surface area (Å²) < 4.78 is 30.2. The standard InChI is InChI=1S/C40H54F2O2S3/c1-11-15-17-23(13-3)21-39(22-24(14-4)18-16-12-2)25-19-27(45-31(25)32-26(39)20-28(46-32)37(5,6)7)33-29-30(36(47-33)38(8,9)10)35(44)40(41,42)34(29)43/h19-20,23-24H,11-18,21-22H2,1-10H3. The van der Waals surface area contributed by atoms with E-state index < -0.39 is 22.9 Å². The van der Waals surface area contributed by atoms with Crippen molar-refractivity contribution in [3.8, 4) is 19.5 Å². The number of hydrogen-bond acceptors (Lipinski definition) is 5. The van der Waals surface area contributed by atoms with E-state index in [0.29, 0.717) is 21.6 Å². The van der Waals surface area contributed by atoms with Crippen LogP contribution in [0.25, 0.3) is 19.5 Å². The normalized spacial score (nSPS) is 20.1. The van der Waals surface area contributed by atoms with Crippen molar-refractivity contribution in [2.75, 3.05) is 0 Å². The molecule has 0 fully saturated rings. The van der Waals surface area contributed by atoms with Gasteiger partial charge >= 0.3 is 5.92 Å². The van der Waals surface area contributed by atoms with Crippen molar-refractivity contribution >= 4 is 45.6 Å². The van der Waals surface area contributed by atoms with Gasteiger partial charge in [0.25, 0.3) is 0 Å². The largest absolute Gasteiger partial charge is 0.371 e. The van der Waals surface area contributed by atoms with Gasteiger partial charge in [0.05, 0.1) is 16.0 Å². The van der Waals surface area contributed by atoms with Crippen molar-refractivity contribution in [3.63, 3.8) is 0 Å². The van der Waals surface area contributed by atoms with Crippen molar-refractivity contribution in [2.45, 2.75) is 156 Å². The molecule has 3 heterocycles. The maximum absolute atomic E-state index is 15.1. The summed E-state index contributed by atoms with van der Waals surface area (Å²) in [5, 5.41) is 0. The maximum atomic E-state index is 15.1. The third-order valence-electron chi connectivity index (χ3n) is 10.6. The number of fused-ring (bicyclic) bond motifs is 4. The highest BCUT2D eigenvalue weighted by molar-refractivity contribution is 7.27. The summed E-state index contributed by atoms with van der Waals surface area (Å²) in [6.07, 6.45) is 11.6. The Bertz CT molecular complexity index is 1620. The smallest absolute Gasteiger partial charge is 0.287 e. The van der Waals surface area contributed by atoms with Crippen LogP contribution in [0.3, 0.4) is 0 Å². The molecule has 0 amide bonds. The molecule has 0 saturated heterocycles. The molecule has 0 radical (unpaired) electrons. The minimum absolute atomic E-state index is 0.00822. The van der Waals surface area contributed by atoms with Crippen LogP contribution in [0.5, 0.6) is 0 Å². The fraction of sp³-hybridized carbons (Fsp3) is 0.650. The fourth-order valence-corrected chi connectivity index (χ4v) is 12.0. The van der Waals surface area contributed by atoms with Gasteiger partial charge in [0.2, 0.25) is 11.6 Å². The average Bonchev–Trinajstić information content (AvgIpc) is 3.79. The molecule has 5 rings (SSSR count). The lowest BCUT2D eigenvalue weighted by molar-refractivity contribution is 0.0188. The quantitative estimate of drug-likeness (QED) is 0.166. The number of halogens is 2. The Kier molecular flexibility index (Phi) is 10.3. The van der Waals surface area contributed by atoms with Gasteiger partial charge in [-0.1, -0.05) is 121 Å². The molecule has 0 spiro atoms. The van der Waals surface area contributed by atoms with Crippen LogP contribution < -0.4 is 0 Å². The van der Waals surface area contributed by atoms with Gasteiger partial charge < -0.3 is 0 Å². The lowest BCUT2D eigenvalue weighted by atomic mass is 9.65. The topological polar surface area (TPSA) is 34.1 Å². The first kappa shape index (κ1) is 36.6. The van der Waals surface area contributed by atoms with Crippen molar-refractivity contribution in [2.24, 2.45) is 11.8 Å². The number of carbonyl (C=O) groups excluding carboxylic acids is 2. The zero-order valence-corrected chi connectivity index (χ0v) is 32.6. The fourth-order valence-electron chi connectivity index (χ4n) is 7.84. The van der Waals surface area contributed by atoms with Crippen molar-refractivity contribution in [3.05, 3.63) is 44.1 Å². The number of Topliss-reactive ketones (excluding diaryl/α,β-unsaturated/α-hetero) is 2. The number of rotatable bonds is 13. The van der Waals surface area contributed by atoms with E-state index in [1.54, 1.807) is 11.3 Å². The van der Waals surface area contributed by atoms with Crippen LogP contribution in [-0.2, 0) is 16.2 Å². The molecule has 2 aliphatic carbocycles. The third kappa shape index (κ3) is 6.29. The summed E-state index contributed by atoms with van der Waals surface area (Å²) in [5.41, 5.74) is 1.99. The van der Waals surface area contributed by atoms with E-state index in [0.717, 1.165) is 30.6 Å². The number of alkyl halides is 2. The Hall–Kier alpha value is -1.70. The molecule has 0 aromatic carbocycles. The molecular weight excluding hydrogens is 647 g/mol. The first-order chi connectivity index (χ1) is 22.0. The molecule has 3 aromatic heterocycles. The van der Waals surface area contributed by atoms with Crippen LogP contribution in [0.4, 0.5) is 8.78 Å². The predicted molar refractivity (Wildman–Crippen MR) is 199 cm³/mol. The van der Waals surface area contributed by atoms with Gasteiger partial charge in [-0.15, -0.1) is 34.0 Å². The van der Waals surface area contributed by atoms with E-state index in [-0.39, 0.29) is 22.0 Å². The Morgan fingerprint density at radius 2 is 1.19 bits per heavy atom. The van der Waals surface area contributed by atoms with Crippen molar-refractivity contribution in [1.82, 2.24) is 0 Å². The highest BCUT2D eigenvalue weighted by atomic mass is 32.1. The van der Waals surface area contributed by atoms with E-state index in [1.165, 1.54) is 75.6 Å². The zero-order chi connectivity index (χ0) is 34.7. The minimum Gasteiger partial charge on any atom is -0.287 e. The average molecular weight is 701 g/mol. The van der Waals surface area contributed by atoms with Gasteiger partial charge in [-0.05, 0) is 58.8 Å². The van der Waals surface area contributed by atoms with E-state index >= 15 is 8.78 Å². The van der Waals surface area contributed by atoms with Gasteiger partial charge in [0.15, 0.2) is 0 Å². The second-order valence-corrected chi connectivity index (χ2v) is 19.4. The Morgan fingerprint density at radius 1 is 0.681 bits per heavy atom. The Labute approximate surface area is 293 Å². The third-order valence-corrected chi connectivity index (χ3v) is 15.3. The lowest BCUT2D eigenvalue weighted by Crippen LogP contribution is -2.31. The van der Waals surface area contributed by atoms with Crippen LogP contribution in [0.15, 0.2) is 12.1 Å². The van der Waals surface area contributed by atoms with Crippen molar-refractivity contribution in [1.29, 1.82) is 0 Å². The number of unbranched alkanes of at least 4 members (excludes halogenated alkanes) is 2. The van der Waals surface area contributed by atoms with E-state index in [1.807, 2.05) is 32.1 Å². The predicted octanol–water partition coefficient (Wildman–Crippen LogP) is 13.6. The molecule has 258 valence electrons. The molecule has 0 N–H and O–H groups in total. The summed E-state index contributed by atoms with van der Waals surface area (Å²) in [6.45, 7) is 21.9. The summed E-state index contributed by atoms with van der Waals surface area (Å²) in [7, 11) is 0. The Balaban J connectivity index is 1.78. The van der Waals surface area contributed by atoms with Gasteiger partial charge in [-0.25, -0.2) is 0 Å². The summed E-state index contributed by atoms with van der Waals surface area (Å²) in [6, 6.07) is 4.77. The second-order valence-electron chi connectivity index (χ2n) is 16.3. The van der Waals surface area contributed by atoms with Gasteiger partial charge in [0.1, 0.15) is 0 Å². The van der Waals surface area contributed by atoms with Crippen LogP contribution in [0, 0.1) is 11.8 Å².